The van der Waals surface area contributed by atoms with Crippen molar-refractivity contribution >= 4 is 11.8 Å². The summed E-state index contributed by atoms with van der Waals surface area (Å²) in [7, 11) is 0. The number of allylic oxidation sites excluding steroid dienone is 2. The summed E-state index contributed by atoms with van der Waals surface area (Å²) in [5.41, 5.74) is 1.74. The van der Waals surface area contributed by atoms with Gasteiger partial charge in [-0.05, 0) is 23.3 Å². The predicted octanol–water partition coefficient (Wildman–Crippen LogP) is 2.47. The van der Waals surface area contributed by atoms with Crippen LogP contribution in [0, 0.1) is 10.1 Å². The van der Waals surface area contributed by atoms with Gasteiger partial charge in [-0.3, -0.25) is 10.1 Å². The third-order valence-electron chi connectivity index (χ3n) is 2.50. The van der Waals surface area contributed by atoms with Gasteiger partial charge >= 0.3 is 0 Å². The predicted molar refractivity (Wildman–Crippen MR) is 65.4 cm³/mol. The lowest BCUT2D eigenvalue weighted by atomic mass is 10.1. The standard InChI is InChI=1S/C13H11NO3/c15-13-3-1-2-11(13)7-4-10-5-8-12(9-6-10)14(16)17/h1-9,13,15H/b7-4+. The van der Waals surface area contributed by atoms with Gasteiger partial charge in [-0.1, -0.05) is 30.4 Å². The van der Waals surface area contributed by atoms with Crippen LogP contribution in [0.3, 0.4) is 0 Å². The molecule has 0 fully saturated rings. The summed E-state index contributed by atoms with van der Waals surface area (Å²) in [6.07, 6.45) is 8.36. The minimum Gasteiger partial charge on any atom is -0.384 e. The minimum atomic E-state index is -0.552. The van der Waals surface area contributed by atoms with Crippen molar-refractivity contribution < 1.29 is 10.0 Å². The van der Waals surface area contributed by atoms with Gasteiger partial charge in [0.2, 0.25) is 0 Å². The van der Waals surface area contributed by atoms with Crippen LogP contribution >= 0.6 is 0 Å². The van der Waals surface area contributed by atoms with Gasteiger partial charge in [0, 0.05) is 12.1 Å². The summed E-state index contributed by atoms with van der Waals surface area (Å²) in [6.45, 7) is 0. The molecule has 1 aliphatic rings. The first-order valence-corrected chi connectivity index (χ1v) is 5.16. The molecule has 1 unspecified atom stereocenters. The molecule has 0 spiro atoms. The van der Waals surface area contributed by atoms with Gasteiger partial charge in [0.1, 0.15) is 0 Å². The Hall–Kier alpha value is -2.20. The SMILES string of the molecule is O=[N+]([O-])c1ccc(/C=C/C2=CC=CC2O)cc1. The molecule has 17 heavy (non-hydrogen) atoms. The highest BCUT2D eigenvalue weighted by Crippen LogP contribution is 2.16. The Morgan fingerprint density at radius 1 is 1.24 bits per heavy atom. The molecule has 0 aromatic heterocycles. The summed E-state index contributed by atoms with van der Waals surface area (Å²) in [5.74, 6) is 0. The normalized spacial score (nSPS) is 18.6. The average Bonchev–Trinajstić information content (AvgIpc) is 2.73. The van der Waals surface area contributed by atoms with Crippen LogP contribution in [0.4, 0.5) is 5.69 Å². The Balaban J connectivity index is 2.09. The summed E-state index contributed by atoms with van der Waals surface area (Å²) < 4.78 is 0. The molecular formula is C13H11NO3. The zero-order chi connectivity index (χ0) is 12.3. The lowest BCUT2D eigenvalue weighted by molar-refractivity contribution is -0.384. The fourth-order valence-corrected chi connectivity index (χ4v) is 1.54. The maximum atomic E-state index is 10.5. The fraction of sp³-hybridized carbons (Fsp3) is 0.0769. The molecule has 0 saturated heterocycles. The molecule has 0 amide bonds. The van der Waals surface area contributed by atoms with Crippen LogP contribution in [0.15, 0.2) is 54.1 Å². The van der Waals surface area contributed by atoms with Crippen LogP contribution < -0.4 is 0 Å². The maximum Gasteiger partial charge on any atom is 0.269 e. The van der Waals surface area contributed by atoms with Crippen molar-refractivity contribution in [3.05, 3.63) is 69.8 Å². The molecule has 0 radical (unpaired) electrons. The summed E-state index contributed by atoms with van der Waals surface area (Å²) >= 11 is 0. The van der Waals surface area contributed by atoms with Crippen LogP contribution in [0.2, 0.25) is 0 Å². The summed E-state index contributed by atoms with van der Waals surface area (Å²) in [4.78, 5) is 10.0. The maximum absolute atomic E-state index is 10.5. The van der Waals surface area contributed by atoms with Gasteiger partial charge < -0.3 is 5.11 Å². The second-order valence-electron chi connectivity index (χ2n) is 3.68. The van der Waals surface area contributed by atoms with Crippen LogP contribution in [0.25, 0.3) is 6.08 Å². The molecule has 0 bridgehead atoms. The third kappa shape index (κ3) is 2.68. The van der Waals surface area contributed by atoms with E-state index in [9.17, 15) is 15.2 Å². The van der Waals surface area contributed by atoms with Gasteiger partial charge in [0.05, 0.1) is 11.0 Å². The quantitative estimate of drug-likeness (QED) is 0.639. The number of hydrogen-bond donors (Lipinski definition) is 1. The number of aliphatic hydroxyl groups is 1. The van der Waals surface area contributed by atoms with Gasteiger partial charge in [0.15, 0.2) is 0 Å². The number of hydrogen-bond acceptors (Lipinski definition) is 3. The van der Waals surface area contributed by atoms with Crippen molar-refractivity contribution in [3.8, 4) is 0 Å². The van der Waals surface area contributed by atoms with E-state index in [2.05, 4.69) is 0 Å². The van der Waals surface area contributed by atoms with E-state index in [0.29, 0.717) is 0 Å². The smallest absolute Gasteiger partial charge is 0.269 e. The molecule has 1 aromatic rings. The van der Waals surface area contributed by atoms with E-state index < -0.39 is 11.0 Å². The lowest BCUT2D eigenvalue weighted by Crippen LogP contribution is -1.99. The van der Waals surface area contributed by atoms with Crippen molar-refractivity contribution in [1.29, 1.82) is 0 Å². The Bertz CT molecular complexity index is 512. The number of benzene rings is 1. The van der Waals surface area contributed by atoms with Crippen molar-refractivity contribution in [3.63, 3.8) is 0 Å². The van der Waals surface area contributed by atoms with Gasteiger partial charge in [-0.15, -0.1) is 0 Å². The fourth-order valence-electron chi connectivity index (χ4n) is 1.54. The van der Waals surface area contributed by atoms with E-state index >= 15 is 0 Å². The molecule has 1 aliphatic carbocycles. The largest absolute Gasteiger partial charge is 0.384 e. The zero-order valence-corrected chi connectivity index (χ0v) is 8.98. The highest BCUT2D eigenvalue weighted by atomic mass is 16.6. The monoisotopic (exact) mass is 229 g/mol. The average molecular weight is 229 g/mol. The first-order chi connectivity index (χ1) is 8.16. The number of aliphatic hydroxyl groups excluding tert-OH is 1. The van der Waals surface area contributed by atoms with Crippen molar-refractivity contribution in [1.82, 2.24) is 0 Å². The first kappa shape index (κ1) is 11.3. The molecule has 2 rings (SSSR count). The Morgan fingerprint density at radius 3 is 2.47 bits per heavy atom. The number of non-ortho nitro benzene ring substituents is 1. The molecule has 0 heterocycles. The summed E-state index contributed by atoms with van der Waals surface area (Å²) in [5, 5.41) is 19.9. The molecule has 0 aliphatic heterocycles. The second kappa shape index (κ2) is 4.76. The molecule has 1 N–H and O–H groups in total. The Kier molecular flexibility index (Phi) is 3.16. The highest BCUT2D eigenvalue weighted by molar-refractivity contribution is 5.56. The lowest BCUT2D eigenvalue weighted by Gasteiger charge is -2.00. The van der Waals surface area contributed by atoms with Gasteiger partial charge in [-0.2, -0.15) is 0 Å². The minimum absolute atomic E-state index is 0.0731. The van der Waals surface area contributed by atoms with Gasteiger partial charge in [-0.25, -0.2) is 0 Å². The van der Waals surface area contributed by atoms with Crippen LogP contribution in [0.1, 0.15) is 5.56 Å². The Labute approximate surface area is 98.4 Å². The molecule has 4 nitrogen and oxygen atoms in total. The van der Waals surface area contributed by atoms with E-state index in [1.54, 1.807) is 30.4 Å². The van der Waals surface area contributed by atoms with E-state index in [1.165, 1.54) is 12.1 Å². The Morgan fingerprint density at radius 2 is 1.94 bits per heavy atom. The second-order valence-corrected chi connectivity index (χ2v) is 3.68. The molecular weight excluding hydrogens is 218 g/mol. The first-order valence-electron chi connectivity index (χ1n) is 5.16. The van der Waals surface area contributed by atoms with Crippen molar-refractivity contribution in [2.75, 3.05) is 0 Å². The van der Waals surface area contributed by atoms with E-state index in [1.807, 2.05) is 12.2 Å². The number of rotatable bonds is 3. The van der Waals surface area contributed by atoms with E-state index in [0.717, 1.165) is 11.1 Å². The van der Waals surface area contributed by atoms with Crippen LogP contribution in [-0.4, -0.2) is 16.1 Å². The zero-order valence-electron chi connectivity index (χ0n) is 8.98. The van der Waals surface area contributed by atoms with Crippen molar-refractivity contribution in [2.24, 2.45) is 0 Å². The molecule has 1 atom stereocenters. The third-order valence-corrected chi connectivity index (χ3v) is 2.50. The van der Waals surface area contributed by atoms with Crippen LogP contribution in [0.5, 0.6) is 0 Å². The number of nitrogens with zero attached hydrogens (tertiary/aromatic N) is 1. The van der Waals surface area contributed by atoms with Crippen LogP contribution in [-0.2, 0) is 0 Å². The van der Waals surface area contributed by atoms with Gasteiger partial charge in [0.25, 0.3) is 5.69 Å². The van der Waals surface area contributed by atoms with Crippen molar-refractivity contribution in [2.45, 2.75) is 6.10 Å². The molecule has 86 valence electrons. The highest BCUT2D eigenvalue weighted by Gasteiger charge is 2.07. The summed E-state index contributed by atoms with van der Waals surface area (Å²) in [6, 6.07) is 6.25. The number of nitro benzene ring substituents is 1. The molecule has 4 heteroatoms. The molecule has 0 saturated carbocycles. The van der Waals surface area contributed by atoms with E-state index in [-0.39, 0.29) is 5.69 Å². The number of nitro groups is 1. The van der Waals surface area contributed by atoms with E-state index in [4.69, 9.17) is 0 Å². The molecule has 1 aromatic carbocycles. The topological polar surface area (TPSA) is 63.4 Å².